The van der Waals surface area contributed by atoms with Gasteiger partial charge in [0.05, 0.1) is 10.5 Å². The van der Waals surface area contributed by atoms with E-state index in [9.17, 15) is 22.4 Å². The number of benzene rings is 2. The molecule has 0 saturated carbocycles. The molecule has 168 valence electrons. The van der Waals surface area contributed by atoms with Crippen molar-refractivity contribution in [1.29, 1.82) is 0 Å². The van der Waals surface area contributed by atoms with Crippen LogP contribution in [0.3, 0.4) is 0 Å². The molecule has 9 heteroatoms. The summed E-state index contributed by atoms with van der Waals surface area (Å²) in [6.45, 7) is 5.01. The second-order valence-corrected chi connectivity index (χ2v) is 9.19. The van der Waals surface area contributed by atoms with Crippen molar-refractivity contribution in [3.05, 3.63) is 82.4 Å². The van der Waals surface area contributed by atoms with Crippen molar-refractivity contribution >= 4 is 21.8 Å². The number of nitrogens with one attached hydrogen (secondary N) is 1. The molecule has 0 aliphatic carbocycles. The Balaban J connectivity index is 1.80. The lowest BCUT2D eigenvalue weighted by Gasteiger charge is -2.10. The van der Waals surface area contributed by atoms with E-state index in [0.29, 0.717) is 11.3 Å². The number of esters is 1. The molecule has 0 radical (unpaired) electrons. The molecule has 0 atom stereocenters. The minimum absolute atomic E-state index is 0.290. The number of ether oxygens (including phenoxy) is 1. The number of hydrogen-bond acceptors (Lipinski definition) is 5. The van der Waals surface area contributed by atoms with Gasteiger partial charge in [-0.1, -0.05) is 17.7 Å². The topological polar surface area (TPSA) is 94.5 Å². The van der Waals surface area contributed by atoms with Gasteiger partial charge in [-0.3, -0.25) is 4.79 Å². The van der Waals surface area contributed by atoms with Crippen LogP contribution in [0.1, 0.15) is 37.7 Å². The van der Waals surface area contributed by atoms with E-state index in [1.54, 1.807) is 13.0 Å². The fourth-order valence-corrected chi connectivity index (χ4v) is 4.12. The van der Waals surface area contributed by atoms with E-state index in [1.807, 2.05) is 42.7 Å². The summed E-state index contributed by atoms with van der Waals surface area (Å²) in [5.41, 5.74) is 3.32. The van der Waals surface area contributed by atoms with E-state index < -0.39 is 39.8 Å². The van der Waals surface area contributed by atoms with Gasteiger partial charge in [0.25, 0.3) is 0 Å². The van der Waals surface area contributed by atoms with Crippen LogP contribution < -0.4 is 4.72 Å². The van der Waals surface area contributed by atoms with Crippen LogP contribution in [0.4, 0.5) is 4.39 Å². The molecule has 0 aliphatic rings. The first-order valence-corrected chi connectivity index (χ1v) is 11.2. The van der Waals surface area contributed by atoms with Crippen molar-refractivity contribution in [3.63, 3.8) is 0 Å². The number of halogens is 1. The van der Waals surface area contributed by atoms with Gasteiger partial charge in [-0.2, -0.15) is 0 Å². The Morgan fingerprint density at radius 1 is 1.00 bits per heavy atom. The van der Waals surface area contributed by atoms with Crippen molar-refractivity contribution in [1.82, 2.24) is 9.29 Å². The molecule has 7 nitrogen and oxygen atoms in total. The second kappa shape index (κ2) is 9.05. The fourth-order valence-electron chi connectivity index (χ4n) is 3.37. The van der Waals surface area contributed by atoms with E-state index in [0.717, 1.165) is 35.1 Å². The van der Waals surface area contributed by atoms with Gasteiger partial charge in [0, 0.05) is 22.6 Å². The molecule has 32 heavy (non-hydrogen) atoms. The maximum atomic E-state index is 14.1. The molecule has 3 aromatic rings. The molecule has 0 unspecified atom stereocenters. The summed E-state index contributed by atoms with van der Waals surface area (Å²) in [6, 6.07) is 12.3. The Labute approximate surface area is 185 Å². The highest BCUT2D eigenvalue weighted by atomic mass is 32.2. The average Bonchev–Trinajstić information content (AvgIpc) is 3.06. The number of carbonyl (C=O) groups is 2. The molecule has 0 aliphatic heterocycles. The Bertz CT molecular complexity index is 1290. The summed E-state index contributed by atoms with van der Waals surface area (Å²) < 4.78 is 46.9. The van der Waals surface area contributed by atoms with E-state index in [-0.39, 0.29) is 4.90 Å². The van der Waals surface area contributed by atoms with Crippen LogP contribution in [0.25, 0.3) is 5.69 Å². The summed E-state index contributed by atoms with van der Waals surface area (Å²) in [6.07, 6.45) is 0. The first kappa shape index (κ1) is 23.4. The molecular weight excluding hydrogens is 435 g/mol. The number of rotatable bonds is 7. The fraction of sp³-hybridized carbons (Fsp3) is 0.217. The highest BCUT2D eigenvalue weighted by molar-refractivity contribution is 7.89. The van der Waals surface area contributed by atoms with E-state index in [2.05, 4.69) is 4.72 Å². The summed E-state index contributed by atoms with van der Waals surface area (Å²) in [5, 5.41) is 0. The second-order valence-electron chi connectivity index (χ2n) is 7.30. The zero-order chi connectivity index (χ0) is 23.6. The third-order valence-electron chi connectivity index (χ3n) is 5.09. The van der Waals surface area contributed by atoms with E-state index in [1.165, 1.54) is 7.05 Å². The number of carbonyl (C=O) groups excluding carboxylic acids is 2. The van der Waals surface area contributed by atoms with Gasteiger partial charge >= 0.3 is 5.97 Å². The highest BCUT2D eigenvalue weighted by Gasteiger charge is 2.22. The third kappa shape index (κ3) is 4.63. The van der Waals surface area contributed by atoms with Gasteiger partial charge in [0.15, 0.2) is 6.61 Å². The van der Waals surface area contributed by atoms with Crippen LogP contribution in [0.5, 0.6) is 0 Å². The maximum Gasteiger partial charge on any atom is 0.341 e. The van der Waals surface area contributed by atoms with Crippen LogP contribution in [-0.2, 0) is 14.8 Å². The number of ketones is 1. The van der Waals surface area contributed by atoms with E-state index in [4.69, 9.17) is 4.74 Å². The Kier molecular flexibility index (Phi) is 6.61. The Morgan fingerprint density at radius 2 is 1.66 bits per heavy atom. The first-order valence-electron chi connectivity index (χ1n) is 9.74. The maximum absolute atomic E-state index is 14.1. The van der Waals surface area contributed by atoms with Gasteiger partial charge in [-0.25, -0.2) is 22.3 Å². The van der Waals surface area contributed by atoms with Crippen molar-refractivity contribution in [2.45, 2.75) is 25.7 Å². The van der Waals surface area contributed by atoms with E-state index >= 15 is 0 Å². The molecule has 1 aromatic heterocycles. The number of sulfonamides is 1. The predicted molar refractivity (Wildman–Crippen MR) is 117 cm³/mol. The van der Waals surface area contributed by atoms with Gasteiger partial charge in [0.1, 0.15) is 5.82 Å². The summed E-state index contributed by atoms with van der Waals surface area (Å²) >= 11 is 0. The average molecular weight is 459 g/mol. The molecular formula is C23H23FN2O5S. The quantitative estimate of drug-likeness (QED) is 0.432. The minimum Gasteiger partial charge on any atom is -0.454 e. The normalized spacial score (nSPS) is 11.4. The van der Waals surface area contributed by atoms with Crippen molar-refractivity contribution in [2.24, 2.45) is 0 Å². The number of Topliss-reactive ketones (excluding diaryl/α,β-unsaturated/α-hetero) is 1. The van der Waals surface area contributed by atoms with Gasteiger partial charge in [0.2, 0.25) is 15.8 Å². The molecule has 3 rings (SSSR count). The largest absolute Gasteiger partial charge is 0.454 e. The Morgan fingerprint density at radius 3 is 2.28 bits per heavy atom. The van der Waals surface area contributed by atoms with Crippen molar-refractivity contribution in [2.75, 3.05) is 13.7 Å². The van der Waals surface area contributed by atoms with Crippen LogP contribution >= 0.6 is 0 Å². The number of aromatic nitrogens is 1. The van der Waals surface area contributed by atoms with Gasteiger partial charge in [-0.15, -0.1) is 0 Å². The van der Waals surface area contributed by atoms with Crippen molar-refractivity contribution < 1.29 is 27.1 Å². The zero-order valence-corrected chi connectivity index (χ0v) is 18.9. The lowest BCUT2D eigenvalue weighted by Crippen LogP contribution is -2.20. The molecule has 1 heterocycles. The number of nitrogens with zero attached hydrogens (tertiary/aromatic N) is 1. The van der Waals surface area contributed by atoms with Crippen LogP contribution in [0.15, 0.2) is 53.4 Å². The molecule has 0 bridgehead atoms. The van der Waals surface area contributed by atoms with Crippen LogP contribution in [0.2, 0.25) is 0 Å². The first-order chi connectivity index (χ1) is 15.0. The Hall–Kier alpha value is -3.30. The molecule has 0 fully saturated rings. The highest BCUT2D eigenvalue weighted by Crippen LogP contribution is 2.22. The summed E-state index contributed by atoms with van der Waals surface area (Å²) in [4.78, 5) is 24.8. The monoisotopic (exact) mass is 458 g/mol. The molecule has 0 saturated heterocycles. The minimum atomic E-state index is -3.88. The SMILES string of the molecule is CNS(=O)(=O)c1ccc(F)c(C(=O)OCC(=O)c2cc(C)n(-c3ccc(C)cc3)c2C)c1. The van der Waals surface area contributed by atoms with Crippen LogP contribution in [-0.4, -0.2) is 38.4 Å². The van der Waals surface area contributed by atoms with Crippen LogP contribution in [0, 0.1) is 26.6 Å². The van der Waals surface area contributed by atoms with Crippen molar-refractivity contribution in [3.8, 4) is 5.69 Å². The predicted octanol–water partition coefficient (Wildman–Crippen LogP) is 3.49. The van der Waals surface area contributed by atoms with Gasteiger partial charge < -0.3 is 9.30 Å². The molecule has 1 N–H and O–H groups in total. The standard InChI is InChI=1S/C23H23FN2O5S/c1-14-5-7-17(8-6-14)26-15(2)11-19(16(26)3)22(27)13-31-23(28)20-12-18(9-10-21(20)24)32(29,30)25-4/h5-12,25H,13H2,1-4H3. The lowest BCUT2D eigenvalue weighted by atomic mass is 10.1. The third-order valence-corrected chi connectivity index (χ3v) is 6.51. The smallest absolute Gasteiger partial charge is 0.341 e. The molecule has 2 aromatic carbocycles. The number of aryl methyl sites for hydroxylation is 2. The number of hydrogen-bond donors (Lipinski definition) is 1. The molecule has 0 amide bonds. The summed E-state index contributed by atoms with van der Waals surface area (Å²) in [7, 11) is -2.68. The molecule has 0 spiro atoms. The zero-order valence-electron chi connectivity index (χ0n) is 18.1. The summed E-state index contributed by atoms with van der Waals surface area (Å²) in [5.74, 6) is -2.53. The lowest BCUT2D eigenvalue weighted by molar-refractivity contribution is 0.0469. The van der Waals surface area contributed by atoms with Gasteiger partial charge in [-0.05, 0) is 64.2 Å².